The summed E-state index contributed by atoms with van der Waals surface area (Å²) in [6.07, 6.45) is 1.43. The molecule has 8 heteroatoms. The van der Waals surface area contributed by atoms with E-state index in [-0.39, 0.29) is 24.1 Å². The van der Waals surface area contributed by atoms with E-state index >= 15 is 0 Å². The van der Waals surface area contributed by atoms with E-state index in [1.54, 1.807) is 18.2 Å². The number of thiazole rings is 1. The zero-order valence-electron chi connectivity index (χ0n) is 13.9. The minimum absolute atomic E-state index is 0. The van der Waals surface area contributed by atoms with Crippen LogP contribution in [0.1, 0.15) is 29.0 Å². The molecule has 3 rings (SSSR count). The molecule has 5 nitrogen and oxygen atoms in total. The smallest absolute Gasteiger partial charge is 0.246 e. The molecule has 1 aromatic heterocycles. The van der Waals surface area contributed by atoms with Crippen LogP contribution < -0.4 is 11.1 Å². The predicted octanol–water partition coefficient (Wildman–Crippen LogP) is 3.05. The maximum Gasteiger partial charge on any atom is 0.246 e. The summed E-state index contributed by atoms with van der Waals surface area (Å²) in [6, 6.07) is 6.67. The van der Waals surface area contributed by atoms with Crippen LogP contribution in [-0.4, -0.2) is 29.6 Å². The predicted molar refractivity (Wildman–Crippen MR) is 98.9 cm³/mol. The fourth-order valence-electron chi connectivity index (χ4n) is 2.64. The van der Waals surface area contributed by atoms with Crippen molar-refractivity contribution in [3.05, 3.63) is 46.2 Å². The molecule has 0 radical (unpaired) electrons. The van der Waals surface area contributed by atoms with Crippen LogP contribution in [0.3, 0.4) is 0 Å². The molecule has 1 aliphatic rings. The number of benzene rings is 1. The average Bonchev–Trinajstić information content (AvgIpc) is 2.90. The molecule has 1 aliphatic heterocycles. The first kappa shape index (κ1) is 19.8. The number of carbonyl (C=O) groups excluding carboxylic acids is 1. The summed E-state index contributed by atoms with van der Waals surface area (Å²) in [5.74, 6) is -0.476. The Hall–Kier alpha value is -1.54. The Morgan fingerprint density at radius 3 is 2.76 bits per heavy atom. The molecule has 1 aromatic carbocycles. The van der Waals surface area contributed by atoms with Crippen molar-refractivity contribution < 1.29 is 13.9 Å². The highest BCUT2D eigenvalue weighted by Gasteiger charge is 2.36. The molecule has 3 N–H and O–H groups in total. The number of hydrogen-bond acceptors (Lipinski definition) is 5. The van der Waals surface area contributed by atoms with Gasteiger partial charge < -0.3 is 15.8 Å². The topological polar surface area (TPSA) is 77.2 Å². The Kier molecular flexibility index (Phi) is 6.51. The van der Waals surface area contributed by atoms with E-state index in [0.29, 0.717) is 43.2 Å². The van der Waals surface area contributed by atoms with Crippen LogP contribution in [0.2, 0.25) is 0 Å². The number of anilines is 1. The second-order valence-corrected chi connectivity index (χ2v) is 7.10. The van der Waals surface area contributed by atoms with E-state index in [0.717, 1.165) is 10.6 Å². The summed E-state index contributed by atoms with van der Waals surface area (Å²) in [4.78, 5) is 17.7. The highest BCUT2D eigenvalue weighted by Crippen LogP contribution is 2.27. The number of amides is 1. The SMILES string of the molecule is Cc1nc(NC(=O)C2(N)CCOCC2)sc1Cc1ccccc1F.Cl. The van der Waals surface area contributed by atoms with Gasteiger partial charge in [-0.15, -0.1) is 23.7 Å². The van der Waals surface area contributed by atoms with Crippen molar-refractivity contribution in [1.29, 1.82) is 0 Å². The maximum atomic E-state index is 13.8. The molecule has 0 atom stereocenters. The van der Waals surface area contributed by atoms with Crippen LogP contribution in [0.5, 0.6) is 0 Å². The van der Waals surface area contributed by atoms with Crippen molar-refractivity contribution in [3.63, 3.8) is 0 Å². The number of aromatic nitrogens is 1. The Balaban J connectivity index is 0.00000225. The Morgan fingerprint density at radius 1 is 1.40 bits per heavy atom. The molecule has 0 aliphatic carbocycles. The van der Waals surface area contributed by atoms with Crippen molar-refractivity contribution >= 4 is 34.8 Å². The van der Waals surface area contributed by atoms with Crippen LogP contribution in [0, 0.1) is 12.7 Å². The van der Waals surface area contributed by atoms with Gasteiger partial charge in [-0.3, -0.25) is 4.79 Å². The van der Waals surface area contributed by atoms with Crippen LogP contribution in [-0.2, 0) is 16.0 Å². The van der Waals surface area contributed by atoms with Crippen molar-refractivity contribution in [2.75, 3.05) is 18.5 Å². The fraction of sp³-hybridized carbons (Fsp3) is 0.412. The minimum Gasteiger partial charge on any atom is -0.381 e. The van der Waals surface area contributed by atoms with Gasteiger partial charge in [-0.05, 0) is 31.4 Å². The summed E-state index contributed by atoms with van der Waals surface area (Å²) < 4.78 is 19.1. The minimum atomic E-state index is -0.913. The van der Waals surface area contributed by atoms with E-state index in [4.69, 9.17) is 10.5 Å². The molecule has 1 saturated heterocycles. The second kappa shape index (κ2) is 8.23. The number of aryl methyl sites for hydroxylation is 1. The summed E-state index contributed by atoms with van der Waals surface area (Å²) in [5.41, 5.74) is 6.66. The second-order valence-electron chi connectivity index (χ2n) is 6.02. The first-order valence-electron chi connectivity index (χ1n) is 7.86. The van der Waals surface area contributed by atoms with Crippen LogP contribution >= 0.6 is 23.7 Å². The van der Waals surface area contributed by atoms with Gasteiger partial charge in [0.15, 0.2) is 5.13 Å². The summed E-state index contributed by atoms with van der Waals surface area (Å²) in [7, 11) is 0. The molecule has 0 unspecified atom stereocenters. The van der Waals surface area contributed by atoms with Gasteiger partial charge in [0, 0.05) is 24.5 Å². The van der Waals surface area contributed by atoms with Crippen molar-refractivity contribution in [3.8, 4) is 0 Å². The van der Waals surface area contributed by atoms with E-state index in [9.17, 15) is 9.18 Å². The molecular formula is C17H21ClFN3O2S. The number of halogens is 2. The Labute approximate surface area is 156 Å². The molecule has 0 bridgehead atoms. The largest absolute Gasteiger partial charge is 0.381 e. The number of nitrogens with two attached hydrogens (primary N) is 1. The number of nitrogens with one attached hydrogen (secondary N) is 1. The van der Waals surface area contributed by atoms with Crippen LogP contribution in [0.25, 0.3) is 0 Å². The first-order valence-corrected chi connectivity index (χ1v) is 8.67. The van der Waals surface area contributed by atoms with Gasteiger partial charge in [-0.1, -0.05) is 18.2 Å². The molecular weight excluding hydrogens is 365 g/mol. The molecule has 1 amide bonds. The highest BCUT2D eigenvalue weighted by atomic mass is 35.5. The lowest BCUT2D eigenvalue weighted by molar-refractivity contribution is -0.124. The van der Waals surface area contributed by atoms with Gasteiger partial charge >= 0.3 is 0 Å². The summed E-state index contributed by atoms with van der Waals surface area (Å²) in [5, 5.41) is 3.31. The lowest BCUT2D eigenvalue weighted by Crippen LogP contribution is -2.54. The van der Waals surface area contributed by atoms with Gasteiger partial charge in [0.1, 0.15) is 11.4 Å². The van der Waals surface area contributed by atoms with Crippen molar-refractivity contribution in [2.24, 2.45) is 5.73 Å². The normalized spacial score (nSPS) is 16.1. The van der Waals surface area contributed by atoms with Gasteiger partial charge in [0.2, 0.25) is 5.91 Å². The third-order valence-corrected chi connectivity index (χ3v) is 5.33. The fourth-order valence-corrected chi connectivity index (χ4v) is 3.63. The zero-order chi connectivity index (χ0) is 17.2. The van der Waals surface area contributed by atoms with E-state index in [1.165, 1.54) is 17.4 Å². The van der Waals surface area contributed by atoms with Gasteiger partial charge in [-0.2, -0.15) is 0 Å². The lowest BCUT2D eigenvalue weighted by Gasteiger charge is -2.31. The van der Waals surface area contributed by atoms with Crippen LogP contribution in [0.4, 0.5) is 9.52 Å². The number of hydrogen-bond donors (Lipinski definition) is 2. The lowest BCUT2D eigenvalue weighted by atomic mass is 9.90. The quantitative estimate of drug-likeness (QED) is 0.848. The molecule has 2 heterocycles. The van der Waals surface area contributed by atoms with E-state index < -0.39 is 5.54 Å². The molecule has 0 saturated carbocycles. The Bertz CT molecular complexity index is 747. The molecule has 25 heavy (non-hydrogen) atoms. The zero-order valence-corrected chi connectivity index (χ0v) is 15.5. The van der Waals surface area contributed by atoms with Gasteiger partial charge in [0.25, 0.3) is 0 Å². The van der Waals surface area contributed by atoms with Crippen molar-refractivity contribution in [2.45, 2.75) is 31.7 Å². The summed E-state index contributed by atoms with van der Waals surface area (Å²) >= 11 is 1.36. The first-order chi connectivity index (χ1) is 11.5. The average molecular weight is 386 g/mol. The van der Waals surface area contributed by atoms with E-state index in [2.05, 4.69) is 10.3 Å². The molecule has 2 aromatic rings. The summed E-state index contributed by atoms with van der Waals surface area (Å²) in [6.45, 7) is 2.83. The number of nitrogens with zero attached hydrogens (tertiary/aromatic N) is 1. The highest BCUT2D eigenvalue weighted by molar-refractivity contribution is 7.15. The number of ether oxygens (including phenoxy) is 1. The number of carbonyl (C=O) groups is 1. The monoisotopic (exact) mass is 385 g/mol. The van der Waals surface area contributed by atoms with Gasteiger partial charge in [0.05, 0.1) is 5.69 Å². The molecule has 136 valence electrons. The molecule has 1 fully saturated rings. The molecule has 0 spiro atoms. The number of rotatable bonds is 4. The van der Waals surface area contributed by atoms with Crippen molar-refractivity contribution in [1.82, 2.24) is 4.98 Å². The third kappa shape index (κ3) is 4.55. The van der Waals surface area contributed by atoms with Crippen LogP contribution in [0.15, 0.2) is 24.3 Å². The van der Waals surface area contributed by atoms with E-state index in [1.807, 2.05) is 6.92 Å². The standard InChI is InChI=1S/C17H20FN3O2S.ClH/c1-11-14(10-12-4-2-3-5-13(12)18)24-16(20-11)21-15(22)17(19)6-8-23-9-7-17;/h2-5H,6-10,19H2,1H3,(H,20,21,22);1H. The van der Waals surface area contributed by atoms with Gasteiger partial charge in [-0.25, -0.2) is 9.37 Å². The third-order valence-electron chi connectivity index (χ3n) is 4.26. The maximum absolute atomic E-state index is 13.8. The Morgan fingerprint density at radius 2 is 2.08 bits per heavy atom.